The van der Waals surface area contributed by atoms with Crippen LogP contribution in [-0.2, 0) is 4.79 Å². The second-order valence-corrected chi connectivity index (χ2v) is 16.7. The van der Waals surface area contributed by atoms with Gasteiger partial charge in [-0.05, 0) is 51.4 Å². The van der Waals surface area contributed by atoms with Crippen molar-refractivity contribution in [2.75, 3.05) is 6.61 Å². The van der Waals surface area contributed by atoms with Crippen molar-refractivity contribution in [1.82, 2.24) is 5.32 Å². The summed E-state index contributed by atoms with van der Waals surface area (Å²) in [5.41, 5.74) is 0. The number of amides is 1. The van der Waals surface area contributed by atoms with Crippen molar-refractivity contribution in [2.24, 2.45) is 0 Å². The Balaban J connectivity index is 3.61. The first-order valence-electron chi connectivity index (χ1n) is 24.1. The molecule has 0 radical (unpaired) electrons. The van der Waals surface area contributed by atoms with E-state index in [1.165, 1.54) is 186 Å². The van der Waals surface area contributed by atoms with Gasteiger partial charge in [-0.1, -0.05) is 224 Å². The van der Waals surface area contributed by atoms with Crippen LogP contribution in [0.5, 0.6) is 0 Å². The van der Waals surface area contributed by atoms with Crippen LogP contribution in [0.3, 0.4) is 0 Å². The van der Waals surface area contributed by atoms with E-state index in [-0.39, 0.29) is 12.5 Å². The number of rotatable bonds is 44. The van der Waals surface area contributed by atoms with Gasteiger partial charge in [0.1, 0.15) is 6.10 Å². The van der Waals surface area contributed by atoms with E-state index >= 15 is 0 Å². The van der Waals surface area contributed by atoms with Gasteiger partial charge in [-0.2, -0.15) is 0 Å². The minimum atomic E-state index is -1.16. The molecule has 0 saturated heterocycles. The zero-order valence-electron chi connectivity index (χ0n) is 36.4. The molecule has 0 aliphatic heterocycles. The van der Waals surface area contributed by atoms with E-state index in [1.54, 1.807) is 0 Å². The Hall–Kier alpha value is -1.17. The SMILES string of the molecule is CCCCCCCCCC/C=C/CC/C=C/CCCC(O)C(O)C(CO)NC(=O)CCCCCCCCCCCCCCCCCCCCCCCCC. The predicted molar refractivity (Wildman–Crippen MR) is 236 cm³/mol. The molecule has 3 atom stereocenters. The van der Waals surface area contributed by atoms with E-state index in [0.717, 1.165) is 44.9 Å². The third-order valence-electron chi connectivity index (χ3n) is 11.3. The molecule has 0 saturated carbocycles. The third kappa shape index (κ3) is 39.1. The highest BCUT2D eigenvalue weighted by molar-refractivity contribution is 5.76. The highest BCUT2D eigenvalue weighted by atomic mass is 16.3. The van der Waals surface area contributed by atoms with E-state index in [2.05, 4.69) is 43.5 Å². The summed E-state index contributed by atoms with van der Waals surface area (Å²) in [6, 6.07) is -0.829. The van der Waals surface area contributed by atoms with Crippen molar-refractivity contribution in [3.63, 3.8) is 0 Å². The molecule has 54 heavy (non-hydrogen) atoms. The van der Waals surface area contributed by atoms with Crippen molar-refractivity contribution in [3.8, 4) is 0 Å². The van der Waals surface area contributed by atoms with Gasteiger partial charge in [0.25, 0.3) is 0 Å². The lowest BCUT2D eigenvalue weighted by atomic mass is 10.0. The molecule has 3 unspecified atom stereocenters. The first-order valence-corrected chi connectivity index (χ1v) is 24.1. The molecule has 0 spiro atoms. The lowest BCUT2D eigenvalue weighted by molar-refractivity contribution is -0.124. The Morgan fingerprint density at radius 1 is 0.444 bits per heavy atom. The minimum absolute atomic E-state index is 0.154. The Morgan fingerprint density at radius 2 is 0.759 bits per heavy atom. The van der Waals surface area contributed by atoms with Gasteiger partial charge >= 0.3 is 0 Å². The van der Waals surface area contributed by atoms with Gasteiger partial charge in [0, 0.05) is 6.42 Å². The second-order valence-electron chi connectivity index (χ2n) is 16.7. The number of nitrogens with one attached hydrogen (secondary N) is 1. The highest BCUT2D eigenvalue weighted by Gasteiger charge is 2.26. The predicted octanol–water partition coefficient (Wildman–Crippen LogP) is 14.2. The van der Waals surface area contributed by atoms with Crippen LogP contribution in [0.4, 0.5) is 0 Å². The van der Waals surface area contributed by atoms with Gasteiger partial charge in [0.05, 0.1) is 18.8 Å². The first-order chi connectivity index (χ1) is 26.6. The molecule has 0 fully saturated rings. The number of hydrogen-bond donors (Lipinski definition) is 4. The van der Waals surface area contributed by atoms with Crippen LogP contribution >= 0.6 is 0 Å². The van der Waals surface area contributed by atoms with Gasteiger partial charge in [0.2, 0.25) is 5.91 Å². The smallest absolute Gasteiger partial charge is 0.220 e. The minimum Gasteiger partial charge on any atom is -0.394 e. The Morgan fingerprint density at radius 3 is 1.13 bits per heavy atom. The number of unbranched alkanes of at least 4 members (excludes halogenated alkanes) is 32. The van der Waals surface area contributed by atoms with Gasteiger partial charge in [-0.3, -0.25) is 4.79 Å². The molecule has 5 heteroatoms. The van der Waals surface area contributed by atoms with E-state index < -0.39 is 18.2 Å². The van der Waals surface area contributed by atoms with E-state index in [0.29, 0.717) is 12.8 Å². The zero-order valence-corrected chi connectivity index (χ0v) is 36.4. The summed E-state index contributed by atoms with van der Waals surface area (Å²) < 4.78 is 0. The van der Waals surface area contributed by atoms with Gasteiger partial charge in [-0.15, -0.1) is 0 Å². The van der Waals surface area contributed by atoms with Crippen LogP contribution in [-0.4, -0.2) is 46.1 Å². The molecule has 0 aliphatic carbocycles. The molecule has 0 aromatic rings. The number of hydrogen-bond acceptors (Lipinski definition) is 4. The first kappa shape index (κ1) is 52.8. The van der Waals surface area contributed by atoms with E-state index in [4.69, 9.17) is 0 Å². The molecule has 0 rings (SSSR count). The quantitative estimate of drug-likeness (QED) is 0.0368. The maximum Gasteiger partial charge on any atom is 0.220 e. The summed E-state index contributed by atoms with van der Waals surface area (Å²) in [5, 5.41) is 33.6. The van der Waals surface area contributed by atoms with Crippen LogP contribution in [0.2, 0.25) is 0 Å². The average molecular weight is 762 g/mol. The van der Waals surface area contributed by atoms with Crippen LogP contribution in [0.1, 0.15) is 258 Å². The lowest BCUT2D eigenvalue weighted by Crippen LogP contribution is -2.50. The zero-order chi connectivity index (χ0) is 39.4. The summed E-state index contributed by atoms with van der Waals surface area (Å²) in [7, 11) is 0. The fraction of sp³-hybridized carbons (Fsp3) is 0.898. The van der Waals surface area contributed by atoms with Crippen LogP contribution < -0.4 is 5.32 Å². The molecular formula is C49H95NO4. The molecule has 1 amide bonds. The summed E-state index contributed by atoms with van der Waals surface area (Å²) in [4.78, 5) is 12.5. The van der Waals surface area contributed by atoms with Gasteiger partial charge in [-0.25, -0.2) is 0 Å². The van der Waals surface area contributed by atoms with Crippen LogP contribution in [0.15, 0.2) is 24.3 Å². The van der Waals surface area contributed by atoms with Crippen LogP contribution in [0, 0.1) is 0 Å². The van der Waals surface area contributed by atoms with Crippen molar-refractivity contribution in [3.05, 3.63) is 24.3 Å². The van der Waals surface area contributed by atoms with Crippen molar-refractivity contribution in [1.29, 1.82) is 0 Å². The molecular weight excluding hydrogens is 667 g/mol. The average Bonchev–Trinajstić information content (AvgIpc) is 3.18. The van der Waals surface area contributed by atoms with Crippen molar-refractivity contribution >= 4 is 5.91 Å². The molecule has 0 aromatic carbocycles. The fourth-order valence-electron chi connectivity index (χ4n) is 7.53. The number of carbonyl (C=O) groups excluding carboxylic acids is 1. The number of aliphatic hydroxyl groups is 3. The topological polar surface area (TPSA) is 89.8 Å². The number of aliphatic hydroxyl groups excluding tert-OH is 3. The highest BCUT2D eigenvalue weighted by Crippen LogP contribution is 2.16. The van der Waals surface area contributed by atoms with Crippen molar-refractivity contribution in [2.45, 2.75) is 276 Å². The maximum absolute atomic E-state index is 12.5. The maximum atomic E-state index is 12.5. The van der Waals surface area contributed by atoms with E-state index in [9.17, 15) is 20.1 Å². The monoisotopic (exact) mass is 762 g/mol. The molecule has 0 bridgehead atoms. The molecule has 320 valence electrons. The third-order valence-corrected chi connectivity index (χ3v) is 11.3. The summed E-state index contributed by atoms with van der Waals surface area (Å²) >= 11 is 0. The Bertz CT molecular complexity index is 799. The molecule has 0 aromatic heterocycles. The largest absolute Gasteiger partial charge is 0.394 e. The summed E-state index contributed by atoms with van der Waals surface area (Å²) in [6.45, 7) is 4.18. The van der Waals surface area contributed by atoms with Gasteiger partial charge in [0.15, 0.2) is 0 Å². The normalized spacial score (nSPS) is 13.6. The fourth-order valence-corrected chi connectivity index (χ4v) is 7.53. The number of carbonyl (C=O) groups is 1. The number of allylic oxidation sites excluding steroid dienone is 4. The van der Waals surface area contributed by atoms with Gasteiger partial charge < -0.3 is 20.6 Å². The molecule has 0 aliphatic rings. The summed E-state index contributed by atoms with van der Waals surface area (Å²) in [6.07, 6.45) is 54.5. The second kappa shape index (κ2) is 44.5. The molecule has 0 heterocycles. The van der Waals surface area contributed by atoms with Crippen molar-refractivity contribution < 1.29 is 20.1 Å². The molecule has 4 N–H and O–H groups in total. The lowest BCUT2D eigenvalue weighted by Gasteiger charge is -2.26. The standard InChI is InChI=1S/C49H95NO4/c1-3-5-7-9-11-13-15-17-19-21-22-23-24-25-26-28-30-32-34-36-38-40-42-44-48(53)50-46(45-51)49(54)47(52)43-41-39-37-35-33-31-29-27-20-18-16-14-12-10-8-6-4-2/h27,29,35,37,46-47,49,51-52,54H,3-26,28,30-34,36,38-45H2,1-2H3,(H,50,53)/b29-27+,37-35+. The van der Waals surface area contributed by atoms with E-state index in [1.807, 2.05) is 0 Å². The molecule has 5 nitrogen and oxygen atoms in total. The summed E-state index contributed by atoms with van der Waals surface area (Å²) in [5.74, 6) is -0.154. The van der Waals surface area contributed by atoms with Crippen LogP contribution in [0.25, 0.3) is 0 Å². The Labute approximate surface area is 337 Å². The Kier molecular flexibility index (Phi) is 43.6.